The van der Waals surface area contributed by atoms with Crippen LogP contribution in [-0.4, -0.2) is 6.29 Å². The summed E-state index contributed by atoms with van der Waals surface area (Å²) >= 11 is 5.94. The maximum atomic E-state index is 10.7. The largest absolute Gasteiger partial charge is 0.457 e. The van der Waals surface area contributed by atoms with Gasteiger partial charge in [-0.15, -0.1) is 0 Å². The first-order chi connectivity index (χ1) is 8.72. The van der Waals surface area contributed by atoms with Crippen molar-refractivity contribution in [2.45, 2.75) is 13.3 Å². The molecule has 0 fully saturated rings. The molecule has 92 valence electrons. The molecular weight excluding hydrogens is 248 g/mol. The van der Waals surface area contributed by atoms with Gasteiger partial charge in [-0.05, 0) is 36.2 Å². The van der Waals surface area contributed by atoms with Crippen molar-refractivity contribution < 1.29 is 9.53 Å². The molecule has 0 unspecified atom stereocenters. The van der Waals surface area contributed by atoms with Gasteiger partial charge in [-0.25, -0.2) is 0 Å². The van der Waals surface area contributed by atoms with Crippen LogP contribution < -0.4 is 4.74 Å². The highest BCUT2D eigenvalue weighted by Gasteiger charge is 2.03. The van der Waals surface area contributed by atoms with E-state index in [2.05, 4.69) is 13.0 Å². The fourth-order valence-corrected chi connectivity index (χ4v) is 1.85. The maximum Gasteiger partial charge on any atom is 0.151 e. The lowest BCUT2D eigenvalue weighted by atomic mass is 10.2. The van der Waals surface area contributed by atoms with Crippen molar-refractivity contribution in [3.05, 3.63) is 58.6 Å². The fraction of sp³-hybridized carbons (Fsp3) is 0.133. The normalized spacial score (nSPS) is 10.1. The first-order valence-corrected chi connectivity index (χ1v) is 6.12. The van der Waals surface area contributed by atoms with E-state index < -0.39 is 0 Å². The SMILES string of the molecule is CCc1cccc(Oc2ccc(C=O)c(Cl)c2)c1. The second-order valence-electron chi connectivity index (χ2n) is 3.90. The van der Waals surface area contributed by atoms with Crippen molar-refractivity contribution in [1.29, 1.82) is 0 Å². The van der Waals surface area contributed by atoms with Crippen molar-refractivity contribution in [2.24, 2.45) is 0 Å². The number of hydrogen-bond donors (Lipinski definition) is 0. The molecule has 0 N–H and O–H groups in total. The zero-order valence-electron chi connectivity index (χ0n) is 10.0. The van der Waals surface area contributed by atoms with Gasteiger partial charge in [-0.1, -0.05) is 30.7 Å². The average molecular weight is 261 g/mol. The Bertz CT molecular complexity index is 564. The molecule has 0 spiro atoms. The number of aryl methyl sites for hydroxylation is 1. The smallest absolute Gasteiger partial charge is 0.151 e. The van der Waals surface area contributed by atoms with E-state index >= 15 is 0 Å². The van der Waals surface area contributed by atoms with Crippen molar-refractivity contribution >= 4 is 17.9 Å². The number of carbonyl (C=O) groups excluding carboxylic acids is 1. The van der Waals surface area contributed by atoms with Gasteiger partial charge in [0.05, 0.1) is 5.02 Å². The van der Waals surface area contributed by atoms with Gasteiger partial charge in [0.25, 0.3) is 0 Å². The highest BCUT2D eigenvalue weighted by molar-refractivity contribution is 6.33. The lowest BCUT2D eigenvalue weighted by molar-refractivity contribution is 0.112. The Labute approximate surface area is 111 Å². The predicted octanol–water partition coefficient (Wildman–Crippen LogP) is 4.51. The number of aldehydes is 1. The third kappa shape index (κ3) is 2.90. The van der Waals surface area contributed by atoms with Gasteiger partial charge in [0.15, 0.2) is 6.29 Å². The topological polar surface area (TPSA) is 26.3 Å². The van der Waals surface area contributed by atoms with E-state index in [-0.39, 0.29) is 0 Å². The number of rotatable bonds is 4. The second kappa shape index (κ2) is 5.69. The molecule has 2 nitrogen and oxygen atoms in total. The second-order valence-corrected chi connectivity index (χ2v) is 4.31. The number of hydrogen-bond acceptors (Lipinski definition) is 2. The van der Waals surface area contributed by atoms with Crippen molar-refractivity contribution in [3.8, 4) is 11.5 Å². The number of halogens is 1. The summed E-state index contributed by atoms with van der Waals surface area (Å²) in [5, 5.41) is 0.397. The fourth-order valence-electron chi connectivity index (χ4n) is 1.63. The van der Waals surface area contributed by atoms with Crippen LogP contribution >= 0.6 is 11.6 Å². The Morgan fingerprint density at radius 3 is 2.61 bits per heavy atom. The van der Waals surface area contributed by atoms with Crippen LogP contribution in [0.15, 0.2) is 42.5 Å². The van der Waals surface area contributed by atoms with Gasteiger partial charge in [0.1, 0.15) is 11.5 Å². The van der Waals surface area contributed by atoms with Crippen molar-refractivity contribution in [3.63, 3.8) is 0 Å². The molecule has 0 aromatic heterocycles. The number of ether oxygens (including phenoxy) is 1. The lowest BCUT2D eigenvalue weighted by Gasteiger charge is -2.08. The Hall–Kier alpha value is -1.80. The van der Waals surface area contributed by atoms with Crippen LogP contribution in [0.5, 0.6) is 11.5 Å². The monoisotopic (exact) mass is 260 g/mol. The predicted molar refractivity (Wildman–Crippen MR) is 72.7 cm³/mol. The van der Waals surface area contributed by atoms with Crippen LogP contribution in [0.4, 0.5) is 0 Å². The molecule has 18 heavy (non-hydrogen) atoms. The van der Waals surface area contributed by atoms with Gasteiger partial charge < -0.3 is 4.74 Å². The van der Waals surface area contributed by atoms with Crippen LogP contribution in [0.1, 0.15) is 22.8 Å². The first-order valence-electron chi connectivity index (χ1n) is 5.74. The molecule has 0 aliphatic heterocycles. The molecule has 0 radical (unpaired) electrons. The van der Waals surface area contributed by atoms with E-state index in [9.17, 15) is 4.79 Å². The molecule has 0 atom stereocenters. The van der Waals surface area contributed by atoms with Crippen LogP contribution in [0.25, 0.3) is 0 Å². The third-order valence-corrected chi connectivity index (χ3v) is 2.97. The zero-order valence-corrected chi connectivity index (χ0v) is 10.8. The van der Waals surface area contributed by atoms with Crippen LogP contribution in [0, 0.1) is 0 Å². The summed E-state index contributed by atoms with van der Waals surface area (Å²) in [6.07, 6.45) is 1.69. The standard InChI is InChI=1S/C15H13ClO2/c1-2-11-4-3-5-13(8-11)18-14-7-6-12(10-17)15(16)9-14/h3-10H,2H2,1H3. The molecule has 0 bridgehead atoms. The quantitative estimate of drug-likeness (QED) is 0.756. The van der Waals surface area contributed by atoms with E-state index in [0.29, 0.717) is 16.3 Å². The van der Waals surface area contributed by atoms with Gasteiger partial charge in [-0.3, -0.25) is 4.79 Å². The summed E-state index contributed by atoms with van der Waals surface area (Å²) in [5.41, 5.74) is 1.68. The van der Waals surface area contributed by atoms with Crippen molar-refractivity contribution in [1.82, 2.24) is 0 Å². The molecule has 0 saturated heterocycles. The molecule has 3 heteroatoms. The summed E-state index contributed by atoms with van der Waals surface area (Å²) in [5.74, 6) is 1.39. The number of carbonyl (C=O) groups is 1. The highest BCUT2D eigenvalue weighted by Crippen LogP contribution is 2.26. The van der Waals surface area contributed by atoms with Gasteiger partial charge in [-0.2, -0.15) is 0 Å². The molecule has 2 aromatic rings. The molecular formula is C15H13ClO2. The molecule has 0 aliphatic carbocycles. The van der Waals surface area contributed by atoms with Crippen LogP contribution in [-0.2, 0) is 6.42 Å². The Morgan fingerprint density at radius 2 is 1.94 bits per heavy atom. The maximum absolute atomic E-state index is 10.7. The number of benzene rings is 2. The van der Waals surface area contributed by atoms with Crippen LogP contribution in [0.2, 0.25) is 5.02 Å². The molecule has 2 aromatic carbocycles. The molecule has 0 saturated carbocycles. The molecule has 0 aliphatic rings. The van der Waals surface area contributed by atoms with E-state index in [1.807, 2.05) is 18.2 Å². The summed E-state index contributed by atoms with van der Waals surface area (Å²) in [4.78, 5) is 10.7. The average Bonchev–Trinajstić information content (AvgIpc) is 2.39. The van der Waals surface area contributed by atoms with Crippen molar-refractivity contribution in [2.75, 3.05) is 0 Å². The molecule has 2 rings (SSSR count). The molecule has 0 amide bonds. The Morgan fingerprint density at radius 1 is 1.17 bits per heavy atom. The highest BCUT2D eigenvalue weighted by atomic mass is 35.5. The summed E-state index contributed by atoms with van der Waals surface area (Å²) in [6.45, 7) is 2.09. The Balaban J connectivity index is 2.22. The van der Waals surface area contributed by atoms with E-state index in [0.717, 1.165) is 18.5 Å². The Kier molecular flexibility index (Phi) is 4.00. The lowest BCUT2D eigenvalue weighted by Crippen LogP contribution is -1.88. The molecule has 0 heterocycles. The van der Waals surface area contributed by atoms with E-state index in [4.69, 9.17) is 16.3 Å². The van der Waals surface area contributed by atoms with Gasteiger partial charge >= 0.3 is 0 Å². The third-order valence-electron chi connectivity index (χ3n) is 2.64. The minimum absolute atomic E-state index is 0.397. The van der Waals surface area contributed by atoms with E-state index in [1.165, 1.54) is 5.56 Å². The summed E-state index contributed by atoms with van der Waals surface area (Å²) < 4.78 is 5.70. The van der Waals surface area contributed by atoms with Gasteiger partial charge in [0.2, 0.25) is 0 Å². The summed E-state index contributed by atoms with van der Waals surface area (Å²) in [6, 6.07) is 12.9. The van der Waals surface area contributed by atoms with Gasteiger partial charge in [0, 0.05) is 11.6 Å². The van der Waals surface area contributed by atoms with E-state index in [1.54, 1.807) is 18.2 Å². The minimum Gasteiger partial charge on any atom is -0.457 e. The first kappa shape index (κ1) is 12.7. The minimum atomic E-state index is 0.397. The zero-order chi connectivity index (χ0) is 13.0. The summed E-state index contributed by atoms with van der Waals surface area (Å²) in [7, 11) is 0. The van der Waals surface area contributed by atoms with Crippen LogP contribution in [0.3, 0.4) is 0 Å².